The molecule has 0 aliphatic heterocycles. The first-order valence-electron chi connectivity index (χ1n) is 7.14. The Morgan fingerprint density at radius 3 is 2.26 bits per heavy atom. The third kappa shape index (κ3) is 13.3. The molecule has 0 aliphatic carbocycles. The minimum absolute atomic E-state index is 0.103. The summed E-state index contributed by atoms with van der Waals surface area (Å²) >= 11 is 0. The first kappa shape index (κ1) is 18.1. The van der Waals surface area contributed by atoms with Crippen LogP contribution in [0, 0.1) is 0 Å². The predicted octanol–water partition coefficient (Wildman–Crippen LogP) is 1.70. The van der Waals surface area contributed by atoms with Gasteiger partial charge in [0.2, 0.25) is 5.91 Å². The summed E-state index contributed by atoms with van der Waals surface area (Å²) in [6, 6.07) is 0. The number of rotatable bonds is 13. The van der Waals surface area contributed by atoms with Crippen LogP contribution in [0.4, 0.5) is 0 Å². The molecule has 1 amide bonds. The zero-order chi connectivity index (χ0) is 14.3. The van der Waals surface area contributed by atoms with Gasteiger partial charge in [-0.15, -0.1) is 0 Å². The van der Waals surface area contributed by atoms with Gasteiger partial charge in [0.15, 0.2) is 0 Å². The van der Waals surface area contributed by atoms with Crippen LogP contribution in [0.15, 0.2) is 0 Å². The summed E-state index contributed by atoms with van der Waals surface area (Å²) in [5.41, 5.74) is 0. The van der Waals surface area contributed by atoms with E-state index in [4.69, 9.17) is 9.47 Å². The fourth-order valence-corrected chi connectivity index (χ4v) is 1.40. The molecule has 0 saturated heterocycles. The van der Waals surface area contributed by atoms with Gasteiger partial charge in [0.25, 0.3) is 0 Å². The highest BCUT2D eigenvalue weighted by molar-refractivity contribution is 5.78. The topological polar surface area (TPSA) is 64.6 Å². The van der Waals surface area contributed by atoms with Crippen LogP contribution in [0.5, 0.6) is 0 Å². The van der Waals surface area contributed by atoms with Gasteiger partial charge in [-0.05, 0) is 12.8 Å². The van der Waals surface area contributed by atoms with E-state index < -0.39 is 0 Å². The molecule has 0 radical (unpaired) electrons. The van der Waals surface area contributed by atoms with Gasteiger partial charge in [-0.2, -0.15) is 0 Å². The molecule has 0 heterocycles. The SMILES string of the molecule is CCCC(=O)NCCCOCCOCCC(=O)CC. The highest BCUT2D eigenvalue weighted by atomic mass is 16.5. The number of hydrogen-bond donors (Lipinski definition) is 1. The van der Waals surface area contributed by atoms with E-state index in [1.165, 1.54) is 0 Å². The van der Waals surface area contributed by atoms with Crippen LogP contribution in [-0.4, -0.2) is 44.7 Å². The molecule has 0 unspecified atom stereocenters. The normalized spacial score (nSPS) is 10.4. The molecule has 0 aliphatic rings. The van der Waals surface area contributed by atoms with E-state index in [0.29, 0.717) is 52.2 Å². The molecule has 0 atom stereocenters. The quantitative estimate of drug-likeness (QED) is 0.519. The summed E-state index contributed by atoms with van der Waals surface area (Å²) in [5.74, 6) is 0.329. The second-order valence-corrected chi connectivity index (χ2v) is 4.32. The molecule has 0 spiro atoms. The Balaban J connectivity index is 3.11. The number of carbonyl (C=O) groups is 2. The molecule has 0 aromatic heterocycles. The van der Waals surface area contributed by atoms with E-state index in [1.54, 1.807) is 0 Å². The van der Waals surface area contributed by atoms with Gasteiger partial charge in [0, 0.05) is 32.4 Å². The Morgan fingerprint density at radius 2 is 1.63 bits per heavy atom. The number of nitrogens with one attached hydrogen (secondary N) is 1. The number of carbonyl (C=O) groups excluding carboxylic acids is 2. The average molecular weight is 273 g/mol. The van der Waals surface area contributed by atoms with Crippen molar-refractivity contribution in [2.45, 2.75) is 46.0 Å². The molecule has 0 bridgehead atoms. The van der Waals surface area contributed by atoms with Gasteiger partial charge in [-0.1, -0.05) is 13.8 Å². The summed E-state index contributed by atoms with van der Waals surface area (Å²) in [6.07, 6.45) is 3.33. The van der Waals surface area contributed by atoms with Crippen molar-refractivity contribution in [2.75, 3.05) is 33.0 Å². The largest absolute Gasteiger partial charge is 0.379 e. The van der Waals surface area contributed by atoms with Crippen molar-refractivity contribution in [1.82, 2.24) is 5.32 Å². The maximum absolute atomic E-state index is 11.1. The van der Waals surface area contributed by atoms with Gasteiger partial charge in [0.1, 0.15) is 5.78 Å². The summed E-state index contributed by atoms with van der Waals surface area (Å²) < 4.78 is 10.6. The van der Waals surface area contributed by atoms with Crippen LogP contribution in [0.2, 0.25) is 0 Å². The van der Waals surface area contributed by atoms with Gasteiger partial charge in [-0.3, -0.25) is 9.59 Å². The van der Waals surface area contributed by atoms with Crippen LogP contribution < -0.4 is 5.32 Å². The molecule has 0 rings (SSSR count). The molecule has 5 heteroatoms. The van der Waals surface area contributed by atoms with Crippen molar-refractivity contribution >= 4 is 11.7 Å². The Bertz CT molecular complexity index is 244. The lowest BCUT2D eigenvalue weighted by atomic mass is 10.2. The summed E-state index contributed by atoms with van der Waals surface area (Å²) in [7, 11) is 0. The summed E-state index contributed by atoms with van der Waals surface area (Å²) in [6.45, 7) is 6.63. The van der Waals surface area contributed by atoms with Crippen LogP contribution in [0.1, 0.15) is 46.0 Å². The van der Waals surface area contributed by atoms with Gasteiger partial charge in [-0.25, -0.2) is 0 Å². The first-order valence-corrected chi connectivity index (χ1v) is 7.14. The van der Waals surface area contributed by atoms with Gasteiger partial charge in [0.05, 0.1) is 19.8 Å². The van der Waals surface area contributed by atoms with Crippen molar-refractivity contribution in [3.05, 3.63) is 0 Å². The lowest BCUT2D eigenvalue weighted by molar-refractivity contribution is -0.121. The molecule has 0 aromatic rings. The second kappa shape index (κ2) is 13.5. The Labute approximate surface area is 116 Å². The van der Waals surface area contributed by atoms with E-state index in [0.717, 1.165) is 12.8 Å². The number of ether oxygens (including phenoxy) is 2. The summed E-state index contributed by atoms with van der Waals surface area (Å²) in [4.78, 5) is 22.1. The average Bonchev–Trinajstić information content (AvgIpc) is 2.40. The van der Waals surface area contributed by atoms with Crippen LogP contribution in [0.3, 0.4) is 0 Å². The Hall–Kier alpha value is -0.940. The lowest BCUT2D eigenvalue weighted by Crippen LogP contribution is -2.24. The molecular weight excluding hydrogens is 246 g/mol. The molecule has 0 saturated carbocycles. The molecule has 0 aromatic carbocycles. The second-order valence-electron chi connectivity index (χ2n) is 4.32. The lowest BCUT2D eigenvalue weighted by Gasteiger charge is -2.06. The predicted molar refractivity (Wildman–Crippen MR) is 74.1 cm³/mol. The molecule has 1 N–H and O–H groups in total. The molecule has 0 fully saturated rings. The molecule has 112 valence electrons. The third-order valence-corrected chi connectivity index (χ3v) is 2.56. The number of Topliss-reactive ketones (excluding diaryl/α,β-unsaturated/α-hetero) is 1. The summed E-state index contributed by atoms with van der Waals surface area (Å²) in [5, 5.41) is 2.83. The van der Waals surface area contributed by atoms with E-state index >= 15 is 0 Å². The van der Waals surface area contributed by atoms with Gasteiger partial charge < -0.3 is 14.8 Å². The van der Waals surface area contributed by atoms with Crippen LogP contribution in [-0.2, 0) is 19.1 Å². The van der Waals surface area contributed by atoms with Crippen molar-refractivity contribution < 1.29 is 19.1 Å². The molecule has 5 nitrogen and oxygen atoms in total. The van der Waals surface area contributed by atoms with Crippen LogP contribution in [0.25, 0.3) is 0 Å². The van der Waals surface area contributed by atoms with Crippen LogP contribution >= 0.6 is 0 Å². The van der Waals surface area contributed by atoms with Crippen molar-refractivity contribution in [3.8, 4) is 0 Å². The van der Waals surface area contributed by atoms with E-state index in [9.17, 15) is 9.59 Å². The number of hydrogen-bond acceptors (Lipinski definition) is 4. The van der Waals surface area contributed by atoms with Crippen molar-refractivity contribution in [3.63, 3.8) is 0 Å². The van der Waals surface area contributed by atoms with E-state index in [1.807, 2.05) is 13.8 Å². The van der Waals surface area contributed by atoms with Gasteiger partial charge >= 0.3 is 0 Å². The molecular formula is C14H27NO4. The molecule has 19 heavy (non-hydrogen) atoms. The monoisotopic (exact) mass is 273 g/mol. The fourth-order valence-electron chi connectivity index (χ4n) is 1.40. The highest BCUT2D eigenvalue weighted by Gasteiger charge is 1.98. The number of ketones is 1. The number of amides is 1. The standard InChI is InChI=1S/C14H27NO4/c1-3-6-14(17)15-8-5-9-18-11-12-19-10-7-13(16)4-2/h3-12H2,1-2H3,(H,15,17). The Kier molecular flexibility index (Phi) is 12.8. The highest BCUT2D eigenvalue weighted by Crippen LogP contribution is 1.90. The minimum Gasteiger partial charge on any atom is -0.379 e. The third-order valence-electron chi connectivity index (χ3n) is 2.56. The maximum atomic E-state index is 11.1. The Morgan fingerprint density at radius 1 is 0.947 bits per heavy atom. The first-order chi connectivity index (χ1) is 9.20. The zero-order valence-electron chi connectivity index (χ0n) is 12.2. The van der Waals surface area contributed by atoms with Crippen molar-refractivity contribution in [1.29, 1.82) is 0 Å². The zero-order valence-corrected chi connectivity index (χ0v) is 12.2. The maximum Gasteiger partial charge on any atom is 0.219 e. The van der Waals surface area contributed by atoms with E-state index in [2.05, 4.69) is 5.32 Å². The van der Waals surface area contributed by atoms with Crippen molar-refractivity contribution in [2.24, 2.45) is 0 Å². The minimum atomic E-state index is 0.103. The smallest absolute Gasteiger partial charge is 0.219 e. The fraction of sp³-hybridized carbons (Fsp3) is 0.857. The van der Waals surface area contributed by atoms with E-state index in [-0.39, 0.29) is 11.7 Å².